The third-order valence-electron chi connectivity index (χ3n) is 2.55. The second-order valence-corrected chi connectivity index (χ2v) is 3.65. The van der Waals surface area contributed by atoms with Gasteiger partial charge in [0, 0.05) is 18.8 Å². The molecule has 0 amide bonds. The molecule has 15 heavy (non-hydrogen) atoms. The fourth-order valence-electron chi connectivity index (χ4n) is 1.87. The molecule has 0 radical (unpaired) electrons. The maximum Gasteiger partial charge on any atom is 0.250 e. The first kappa shape index (κ1) is 10.4. The summed E-state index contributed by atoms with van der Waals surface area (Å²) < 4.78 is 23.9. The van der Waals surface area contributed by atoms with Crippen molar-refractivity contribution in [3.05, 3.63) is 29.3 Å². The first-order valence-electron chi connectivity index (χ1n) is 5.11. The summed E-state index contributed by atoms with van der Waals surface area (Å²) in [6, 6.07) is 6.02. The fourth-order valence-corrected chi connectivity index (χ4v) is 1.87. The standard InChI is InChI=1S/C11H14F2N2/c12-10(13)7-14-6-9-3-1-2-8-4-5-15-11(8)9/h1-3,10,14-15H,4-7H2. The van der Waals surface area contributed by atoms with Crippen LogP contribution in [0.25, 0.3) is 0 Å². The lowest BCUT2D eigenvalue weighted by Crippen LogP contribution is -2.21. The van der Waals surface area contributed by atoms with Gasteiger partial charge < -0.3 is 10.6 Å². The Hall–Kier alpha value is -1.16. The number of para-hydroxylation sites is 1. The quantitative estimate of drug-likeness (QED) is 0.797. The van der Waals surface area contributed by atoms with Gasteiger partial charge in [-0.05, 0) is 17.5 Å². The van der Waals surface area contributed by atoms with E-state index in [2.05, 4.69) is 16.7 Å². The molecule has 1 aromatic rings. The van der Waals surface area contributed by atoms with Gasteiger partial charge in [-0.2, -0.15) is 0 Å². The number of hydrogen-bond acceptors (Lipinski definition) is 2. The highest BCUT2D eigenvalue weighted by molar-refractivity contribution is 5.61. The van der Waals surface area contributed by atoms with E-state index in [4.69, 9.17) is 0 Å². The molecule has 2 N–H and O–H groups in total. The lowest BCUT2D eigenvalue weighted by molar-refractivity contribution is 0.145. The third kappa shape index (κ3) is 2.45. The smallest absolute Gasteiger partial charge is 0.250 e. The number of halogens is 2. The molecule has 1 heterocycles. The molecular formula is C11H14F2N2. The average Bonchev–Trinajstić information content (AvgIpc) is 2.65. The van der Waals surface area contributed by atoms with Gasteiger partial charge in [-0.25, -0.2) is 8.78 Å². The first-order valence-corrected chi connectivity index (χ1v) is 5.11. The normalized spacial score (nSPS) is 14.1. The van der Waals surface area contributed by atoms with Crippen molar-refractivity contribution in [1.82, 2.24) is 5.32 Å². The van der Waals surface area contributed by atoms with E-state index in [1.54, 1.807) is 0 Å². The van der Waals surface area contributed by atoms with Crippen LogP contribution >= 0.6 is 0 Å². The van der Waals surface area contributed by atoms with Crippen molar-refractivity contribution in [2.24, 2.45) is 0 Å². The first-order chi connectivity index (χ1) is 7.27. The Morgan fingerprint density at radius 3 is 3.07 bits per heavy atom. The van der Waals surface area contributed by atoms with Gasteiger partial charge in [0.25, 0.3) is 6.43 Å². The topological polar surface area (TPSA) is 24.1 Å². The van der Waals surface area contributed by atoms with Crippen molar-refractivity contribution < 1.29 is 8.78 Å². The molecule has 4 heteroatoms. The largest absolute Gasteiger partial charge is 0.384 e. The van der Waals surface area contributed by atoms with Gasteiger partial charge >= 0.3 is 0 Å². The summed E-state index contributed by atoms with van der Waals surface area (Å²) in [5.41, 5.74) is 3.48. The van der Waals surface area contributed by atoms with Crippen molar-refractivity contribution in [2.45, 2.75) is 19.4 Å². The van der Waals surface area contributed by atoms with E-state index in [1.807, 2.05) is 12.1 Å². The second-order valence-electron chi connectivity index (χ2n) is 3.65. The van der Waals surface area contributed by atoms with Gasteiger partial charge in [-0.3, -0.25) is 0 Å². The van der Waals surface area contributed by atoms with E-state index >= 15 is 0 Å². The van der Waals surface area contributed by atoms with E-state index in [9.17, 15) is 8.78 Å². The number of alkyl halides is 2. The Kier molecular flexibility index (Phi) is 3.16. The van der Waals surface area contributed by atoms with Crippen LogP contribution in [0.15, 0.2) is 18.2 Å². The minimum Gasteiger partial charge on any atom is -0.384 e. The van der Waals surface area contributed by atoms with Gasteiger partial charge in [-0.15, -0.1) is 0 Å². The van der Waals surface area contributed by atoms with Gasteiger partial charge in [0.1, 0.15) is 0 Å². The Bertz CT molecular complexity index is 339. The second kappa shape index (κ2) is 4.57. The molecule has 0 unspecified atom stereocenters. The van der Waals surface area contributed by atoms with Crippen LogP contribution in [0.3, 0.4) is 0 Å². The van der Waals surface area contributed by atoms with Crippen LogP contribution in [-0.4, -0.2) is 19.5 Å². The molecule has 2 nitrogen and oxygen atoms in total. The Morgan fingerprint density at radius 2 is 2.27 bits per heavy atom. The van der Waals surface area contributed by atoms with E-state index in [0.717, 1.165) is 24.2 Å². The molecule has 0 saturated heterocycles. The number of nitrogens with one attached hydrogen (secondary N) is 2. The van der Waals surface area contributed by atoms with Gasteiger partial charge in [0.15, 0.2) is 0 Å². The predicted molar refractivity (Wildman–Crippen MR) is 56.3 cm³/mol. The molecule has 0 spiro atoms. The van der Waals surface area contributed by atoms with Crippen molar-refractivity contribution in [1.29, 1.82) is 0 Å². The molecule has 1 aromatic carbocycles. The van der Waals surface area contributed by atoms with Crippen LogP contribution in [0.4, 0.5) is 14.5 Å². The molecule has 0 saturated carbocycles. The van der Waals surface area contributed by atoms with E-state index < -0.39 is 6.43 Å². The summed E-state index contributed by atoms with van der Waals surface area (Å²) in [6.07, 6.45) is -1.26. The average molecular weight is 212 g/mol. The molecule has 0 bridgehead atoms. The highest BCUT2D eigenvalue weighted by atomic mass is 19.3. The summed E-state index contributed by atoms with van der Waals surface area (Å²) in [6.45, 7) is 1.20. The molecular weight excluding hydrogens is 198 g/mol. The minimum atomic E-state index is -2.28. The van der Waals surface area contributed by atoms with Crippen LogP contribution in [0, 0.1) is 0 Å². The van der Waals surface area contributed by atoms with E-state index in [0.29, 0.717) is 6.54 Å². The third-order valence-corrected chi connectivity index (χ3v) is 2.55. The number of hydrogen-bond donors (Lipinski definition) is 2. The summed E-state index contributed by atoms with van der Waals surface area (Å²) in [5, 5.41) is 6.02. The van der Waals surface area contributed by atoms with Crippen molar-refractivity contribution >= 4 is 5.69 Å². The summed E-state index contributed by atoms with van der Waals surface area (Å²) >= 11 is 0. The Balaban J connectivity index is 2.00. The maximum absolute atomic E-state index is 11.9. The SMILES string of the molecule is FC(F)CNCc1cccc2c1NCC2. The molecule has 2 rings (SSSR count). The lowest BCUT2D eigenvalue weighted by atomic mass is 10.1. The van der Waals surface area contributed by atoms with Crippen LogP contribution in [-0.2, 0) is 13.0 Å². The molecule has 0 aliphatic carbocycles. The van der Waals surface area contributed by atoms with Crippen LogP contribution in [0.5, 0.6) is 0 Å². The van der Waals surface area contributed by atoms with Crippen molar-refractivity contribution in [2.75, 3.05) is 18.4 Å². The number of benzene rings is 1. The summed E-state index contributed by atoms with van der Waals surface area (Å²) in [4.78, 5) is 0. The van der Waals surface area contributed by atoms with Gasteiger partial charge in [0.2, 0.25) is 0 Å². The highest BCUT2D eigenvalue weighted by Crippen LogP contribution is 2.26. The van der Waals surface area contributed by atoms with Gasteiger partial charge in [-0.1, -0.05) is 18.2 Å². The highest BCUT2D eigenvalue weighted by Gasteiger charge is 2.13. The number of fused-ring (bicyclic) bond motifs is 1. The van der Waals surface area contributed by atoms with Gasteiger partial charge in [0.05, 0.1) is 6.54 Å². The minimum absolute atomic E-state index is 0.246. The van der Waals surface area contributed by atoms with Crippen molar-refractivity contribution in [3.8, 4) is 0 Å². The zero-order valence-electron chi connectivity index (χ0n) is 8.39. The molecule has 1 aliphatic rings. The predicted octanol–water partition coefficient (Wildman–Crippen LogP) is 2.01. The number of rotatable bonds is 4. The van der Waals surface area contributed by atoms with E-state index in [1.165, 1.54) is 5.56 Å². The summed E-state index contributed by atoms with van der Waals surface area (Å²) in [7, 11) is 0. The number of anilines is 1. The zero-order chi connectivity index (χ0) is 10.7. The van der Waals surface area contributed by atoms with Crippen LogP contribution in [0.2, 0.25) is 0 Å². The fraction of sp³-hybridized carbons (Fsp3) is 0.455. The Morgan fingerprint density at radius 1 is 1.40 bits per heavy atom. The van der Waals surface area contributed by atoms with Crippen molar-refractivity contribution in [3.63, 3.8) is 0 Å². The maximum atomic E-state index is 11.9. The van der Waals surface area contributed by atoms with Crippen LogP contribution < -0.4 is 10.6 Å². The monoisotopic (exact) mass is 212 g/mol. The molecule has 0 fully saturated rings. The lowest BCUT2D eigenvalue weighted by Gasteiger charge is -2.09. The summed E-state index contributed by atoms with van der Waals surface area (Å²) in [5.74, 6) is 0. The molecule has 82 valence electrons. The van der Waals surface area contributed by atoms with E-state index in [-0.39, 0.29) is 6.54 Å². The zero-order valence-corrected chi connectivity index (χ0v) is 8.39. The molecule has 1 aliphatic heterocycles. The molecule has 0 atom stereocenters. The van der Waals surface area contributed by atoms with Crippen LogP contribution in [0.1, 0.15) is 11.1 Å². The Labute approximate surface area is 87.7 Å². The molecule has 0 aromatic heterocycles.